The number of Topliss-reactive ketones (excluding diaryl/α,β-unsaturated/α-hetero) is 2. The number of nitrogens with zero attached hydrogens (tertiary/aromatic N) is 1. The van der Waals surface area contributed by atoms with Gasteiger partial charge in [-0.3, -0.25) is 14.4 Å². The third-order valence-corrected chi connectivity index (χ3v) is 10.0. The van der Waals surface area contributed by atoms with Crippen LogP contribution in [0.25, 0.3) is 6.08 Å². The number of benzene rings is 3. The first-order valence-electron chi connectivity index (χ1n) is 14.7. The van der Waals surface area contributed by atoms with E-state index in [4.69, 9.17) is 0 Å². The summed E-state index contributed by atoms with van der Waals surface area (Å²) in [5, 5.41) is 4.98. The highest BCUT2D eigenvalue weighted by molar-refractivity contribution is 7.12. The third-order valence-electron chi connectivity index (χ3n) is 9.16. The fourth-order valence-electron chi connectivity index (χ4n) is 7.28. The first-order chi connectivity index (χ1) is 20.6. The number of aryl methyl sites for hydroxylation is 1. The lowest BCUT2D eigenvalue weighted by Crippen LogP contribution is -2.51. The lowest BCUT2D eigenvalue weighted by molar-refractivity contribution is -0.121. The van der Waals surface area contributed by atoms with Crippen molar-refractivity contribution in [3.8, 4) is 0 Å². The molecule has 42 heavy (non-hydrogen) atoms. The van der Waals surface area contributed by atoms with Crippen molar-refractivity contribution in [2.75, 3.05) is 10.2 Å². The standard InChI is InChI=1S/C36H32N2O3S/c1-2-3-4-10-23-16-18-25(19-17-23)33(39)31-32(34(40)29-15-9-22-42-29)38-28-14-8-5-11-24(28)20-21-30(38)36(31)26-12-6-7-13-27(26)37-35(36)41/h5-9,11-22,30-32H,2-4,10H2,1H3,(H,37,41)/t30-,31+,32+,36-/m1/s1. The van der Waals surface area contributed by atoms with Gasteiger partial charge < -0.3 is 10.2 Å². The number of anilines is 2. The van der Waals surface area contributed by atoms with Gasteiger partial charge in [-0.1, -0.05) is 98.6 Å². The molecule has 0 bridgehead atoms. The van der Waals surface area contributed by atoms with E-state index in [2.05, 4.69) is 17.1 Å². The topological polar surface area (TPSA) is 66.5 Å². The minimum absolute atomic E-state index is 0.135. The van der Waals surface area contributed by atoms with Crippen LogP contribution in [0.15, 0.2) is 96.4 Å². The molecule has 1 aromatic heterocycles. The van der Waals surface area contributed by atoms with Crippen LogP contribution in [0.4, 0.5) is 11.4 Å². The summed E-state index contributed by atoms with van der Waals surface area (Å²) in [6.07, 6.45) is 8.42. The zero-order chi connectivity index (χ0) is 28.8. The molecule has 3 aliphatic rings. The van der Waals surface area contributed by atoms with Gasteiger partial charge in [0.05, 0.1) is 16.8 Å². The SMILES string of the molecule is CCCCCc1ccc(C(=O)[C@@H]2[C@@H](C(=O)c3cccs3)N3c4ccccc4C=C[C@@H]3[C@@]23C(=O)Nc2ccccc23)cc1. The maximum absolute atomic E-state index is 14.9. The van der Waals surface area contributed by atoms with Gasteiger partial charge in [0.25, 0.3) is 0 Å². The van der Waals surface area contributed by atoms with Crippen molar-refractivity contribution >= 4 is 46.3 Å². The van der Waals surface area contributed by atoms with E-state index < -0.39 is 23.4 Å². The van der Waals surface area contributed by atoms with Crippen LogP contribution in [0.2, 0.25) is 0 Å². The van der Waals surface area contributed by atoms with Gasteiger partial charge in [-0.25, -0.2) is 0 Å². The highest BCUT2D eigenvalue weighted by Gasteiger charge is 2.70. The smallest absolute Gasteiger partial charge is 0.238 e. The molecule has 0 unspecified atom stereocenters. The van der Waals surface area contributed by atoms with Crippen LogP contribution in [0, 0.1) is 5.92 Å². The minimum atomic E-state index is -1.28. The molecule has 3 aromatic carbocycles. The predicted octanol–water partition coefficient (Wildman–Crippen LogP) is 7.34. The number of rotatable bonds is 8. The van der Waals surface area contributed by atoms with E-state index in [9.17, 15) is 14.4 Å². The summed E-state index contributed by atoms with van der Waals surface area (Å²) in [7, 11) is 0. The number of unbranched alkanes of at least 4 members (excludes halogenated alkanes) is 2. The Bertz CT molecular complexity index is 1710. The third kappa shape index (κ3) is 3.92. The molecule has 5 nitrogen and oxygen atoms in total. The van der Waals surface area contributed by atoms with Gasteiger partial charge in [0.2, 0.25) is 5.91 Å². The number of fused-ring (bicyclic) bond motifs is 6. The van der Waals surface area contributed by atoms with E-state index in [1.807, 2.05) is 102 Å². The summed E-state index contributed by atoms with van der Waals surface area (Å²) in [6, 6.07) is 25.6. The Morgan fingerprint density at radius 2 is 1.69 bits per heavy atom. The predicted molar refractivity (Wildman–Crippen MR) is 168 cm³/mol. The van der Waals surface area contributed by atoms with Gasteiger partial charge in [0.15, 0.2) is 11.6 Å². The fraction of sp³-hybridized carbons (Fsp3) is 0.250. The zero-order valence-electron chi connectivity index (χ0n) is 23.5. The number of amides is 1. The highest BCUT2D eigenvalue weighted by Crippen LogP contribution is 2.58. The first kappa shape index (κ1) is 26.6. The number of hydrogen-bond donors (Lipinski definition) is 1. The minimum Gasteiger partial charge on any atom is -0.352 e. The van der Waals surface area contributed by atoms with Gasteiger partial charge in [0.1, 0.15) is 11.5 Å². The van der Waals surface area contributed by atoms with E-state index in [0.29, 0.717) is 16.1 Å². The average molecular weight is 573 g/mol. The molecule has 4 heterocycles. The molecular formula is C36H32N2O3S. The van der Waals surface area contributed by atoms with Crippen LogP contribution >= 0.6 is 11.3 Å². The lowest BCUT2D eigenvalue weighted by atomic mass is 9.64. The van der Waals surface area contributed by atoms with Crippen LogP contribution in [-0.2, 0) is 16.6 Å². The average Bonchev–Trinajstić information content (AvgIpc) is 3.74. The summed E-state index contributed by atoms with van der Waals surface area (Å²) < 4.78 is 0. The summed E-state index contributed by atoms with van der Waals surface area (Å²) in [4.78, 5) is 46.5. The van der Waals surface area contributed by atoms with Gasteiger partial charge in [0, 0.05) is 16.9 Å². The maximum Gasteiger partial charge on any atom is 0.238 e. The van der Waals surface area contributed by atoms with E-state index in [1.165, 1.54) is 23.3 Å². The van der Waals surface area contributed by atoms with Gasteiger partial charge in [-0.15, -0.1) is 11.3 Å². The molecule has 3 aliphatic heterocycles. The van der Waals surface area contributed by atoms with E-state index >= 15 is 0 Å². The van der Waals surface area contributed by atoms with Gasteiger partial charge >= 0.3 is 0 Å². The first-order valence-corrected chi connectivity index (χ1v) is 15.6. The number of nitrogens with one attached hydrogen (secondary N) is 1. The van der Waals surface area contributed by atoms with Gasteiger partial charge in [-0.05, 0) is 53.1 Å². The Hall–Kier alpha value is -4.29. The van der Waals surface area contributed by atoms with E-state index in [-0.39, 0.29) is 17.5 Å². The van der Waals surface area contributed by atoms with Crippen molar-refractivity contribution in [2.45, 2.75) is 50.1 Å². The molecule has 210 valence electrons. The number of carbonyl (C=O) groups excluding carboxylic acids is 3. The van der Waals surface area contributed by atoms with Crippen molar-refractivity contribution in [3.05, 3.63) is 124 Å². The molecule has 1 amide bonds. The second-order valence-electron chi connectivity index (χ2n) is 11.4. The molecule has 4 atom stereocenters. The Balaban J connectivity index is 1.43. The van der Waals surface area contributed by atoms with Crippen molar-refractivity contribution < 1.29 is 14.4 Å². The van der Waals surface area contributed by atoms with E-state index in [1.54, 1.807) is 0 Å². The molecule has 7 rings (SSSR count). The molecule has 1 fully saturated rings. The number of para-hydroxylation sites is 2. The van der Waals surface area contributed by atoms with E-state index in [0.717, 1.165) is 36.1 Å². The number of hydrogen-bond acceptors (Lipinski definition) is 5. The summed E-state index contributed by atoms with van der Waals surface area (Å²) in [5.41, 5.74) is 3.72. The highest BCUT2D eigenvalue weighted by atomic mass is 32.1. The van der Waals surface area contributed by atoms with Crippen LogP contribution in [0.3, 0.4) is 0 Å². The quantitative estimate of drug-likeness (QED) is 0.177. The lowest BCUT2D eigenvalue weighted by Gasteiger charge is -2.37. The maximum atomic E-state index is 14.9. The van der Waals surface area contributed by atoms with Crippen molar-refractivity contribution in [1.82, 2.24) is 0 Å². The molecule has 4 aromatic rings. The normalized spacial score (nSPS) is 23.4. The molecule has 0 saturated carbocycles. The number of carbonyl (C=O) groups is 3. The molecule has 0 radical (unpaired) electrons. The zero-order valence-corrected chi connectivity index (χ0v) is 24.3. The molecule has 1 spiro atoms. The molecule has 0 aliphatic carbocycles. The Labute approximate surface area is 249 Å². The second-order valence-corrected chi connectivity index (χ2v) is 12.4. The van der Waals surface area contributed by atoms with Crippen LogP contribution in [0.5, 0.6) is 0 Å². The monoisotopic (exact) mass is 572 g/mol. The van der Waals surface area contributed by atoms with Crippen molar-refractivity contribution in [3.63, 3.8) is 0 Å². The Kier molecular flexibility index (Phi) is 6.66. The summed E-state index contributed by atoms with van der Waals surface area (Å²) in [6.45, 7) is 2.19. The Morgan fingerprint density at radius 3 is 2.48 bits per heavy atom. The molecular weight excluding hydrogens is 540 g/mol. The molecule has 1 N–H and O–H groups in total. The van der Waals surface area contributed by atoms with Crippen LogP contribution in [0.1, 0.15) is 62.9 Å². The number of ketones is 2. The van der Waals surface area contributed by atoms with Gasteiger partial charge in [-0.2, -0.15) is 0 Å². The molecule has 1 saturated heterocycles. The fourth-order valence-corrected chi connectivity index (χ4v) is 7.98. The second kappa shape index (κ2) is 10.5. The van der Waals surface area contributed by atoms with Crippen molar-refractivity contribution in [2.24, 2.45) is 5.92 Å². The summed E-state index contributed by atoms with van der Waals surface area (Å²) >= 11 is 1.37. The Morgan fingerprint density at radius 1 is 0.905 bits per heavy atom. The van der Waals surface area contributed by atoms with Crippen LogP contribution < -0.4 is 10.2 Å². The largest absolute Gasteiger partial charge is 0.352 e. The van der Waals surface area contributed by atoms with Crippen LogP contribution in [-0.4, -0.2) is 29.6 Å². The van der Waals surface area contributed by atoms with Crippen molar-refractivity contribution in [1.29, 1.82) is 0 Å². The molecule has 6 heteroatoms. The number of thiophene rings is 1. The summed E-state index contributed by atoms with van der Waals surface area (Å²) in [5.74, 6) is -1.50.